The van der Waals surface area contributed by atoms with Crippen molar-refractivity contribution in [3.8, 4) is 5.75 Å². The quantitative estimate of drug-likeness (QED) is 0.423. The number of benzene rings is 2. The lowest BCUT2D eigenvalue weighted by Crippen LogP contribution is -2.33. The van der Waals surface area contributed by atoms with Gasteiger partial charge in [0.1, 0.15) is 18.2 Å². The third-order valence-electron chi connectivity index (χ3n) is 7.00. The second kappa shape index (κ2) is 11.4. The third-order valence-corrected chi connectivity index (χ3v) is 7.00. The minimum atomic E-state index is 0.192. The molecule has 33 heavy (non-hydrogen) atoms. The van der Waals surface area contributed by atoms with Crippen molar-refractivity contribution < 1.29 is 9.53 Å². The lowest BCUT2D eigenvalue weighted by molar-refractivity contribution is -0.125. The van der Waals surface area contributed by atoms with E-state index in [1.165, 1.54) is 24.8 Å². The number of imidazole rings is 1. The predicted octanol–water partition coefficient (Wildman–Crippen LogP) is 5.87. The maximum absolute atomic E-state index is 12.5. The zero-order valence-electron chi connectivity index (χ0n) is 20.1. The number of carbonyl (C=O) groups excluding carboxylic acids is 1. The van der Waals surface area contributed by atoms with Crippen LogP contribution in [0.15, 0.2) is 48.5 Å². The number of nitrogens with zero attached hydrogens (tertiary/aromatic N) is 2. The van der Waals surface area contributed by atoms with Crippen molar-refractivity contribution in [2.45, 2.75) is 71.3 Å². The van der Waals surface area contributed by atoms with E-state index in [1.807, 2.05) is 18.2 Å². The average molecular weight is 448 g/mol. The fourth-order valence-corrected chi connectivity index (χ4v) is 4.76. The van der Waals surface area contributed by atoms with Gasteiger partial charge in [0.25, 0.3) is 0 Å². The van der Waals surface area contributed by atoms with Crippen molar-refractivity contribution in [3.05, 3.63) is 59.9 Å². The zero-order valence-corrected chi connectivity index (χ0v) is 20.1. The molecule has 1 amide bonds. The fraction of sp³-hybridized carbons (Fsp3) is 0.500. The van der Waals surface area contributed by atoms with Gasteiger partial charge in [-0.15, -0.1) is 0 Å². The van der Waals surface area contributed by atoms with E-state index in [0.717, 1.165) is 54.8 Å². The zero-order chi connectivity index (χ0) is 23.0. The Morgan fingerprint density at radius 1 is 1.12 bits per heavy atom. The molecule has 0 unspecified atom stereocenters. The summed E-state index contributed by atoms with van der Waals surface area (Å²) in [6, 6.07) is 16.7. The summed E-state index contributed by atoms with van der Waals surface area (Å²) >= 11 is 0. The number of ether oxygens (including phenoxy) is 1. The number of carbonyl (C=O) groups is 1. The normalized spacial score (nSPS) is 15.5. The topological polar surface area (TPSA) is 56.1 Å². The van der Waals surface area contributed by atoms with Crippen molar-refractivity contribution in [1.29, 1.82) is 0 Å². The van der Waals surface area contributed by atoms with Crippen LogP contribution in [0.3, 0.4) is 0 Å². The number of nitrogens with one attached hydrogen (secondary N) is 1. The first-order valence-corrected chi connectivity index (χ1v) is 12.6. The summed E-state index contributed by atoms with van der Waals surface area (Å²) in [6.45, 7) is 6.38. The number of hydrogen-bond donors (Lipinski definition) is 1. The molecule has 5 nitrogen and oxygen atoms in total. The van der Waals surface area contributed by atoms with Crippen molar-refractivity contribution >= 4 is 16.9 Å². The minimum Gasteiger partial charge on any atom is -0.492 e. The van der Waals surface area contributed by atoms with Crippen LogP contribution in [0.1, 0.15) is 69.7 Å². The molecule has 1 atom stereocenters. The summed E-state index contributed by atoms with van der Waals surface area (Å²) in [6.07, 6.45) is 7.52. The van der Waals surface area contributed by atoms with E-state index in [-0.39, 0.29) is 11.8 Å². The van der Waals surface area contributed by atoms with Gasteiger partial charge in [0.05, 0.1) is 17.6 Å². The highest BCUT2D eigenvalue weighted by Crippen LogP contribution is 2.24. The highest BCUT2D eigenvalue weighted by molar-refractivity contribution is 5.78. The number of fused-ring (bicyclic) bond motifs is 1. The van der Waals surface area contributed by atoms with Gasteiger partial charge in [0.15, 0.2) is 0 Å². The van der Waals surface area contributed by atoms with E-state index < -0.39 is 0 Å². The molecule has 1 saturated carbocycles. The van der Waals surface area contributed by atoms with Gasteiger partial charge >= 0.3 is 0 Å². The second-order valence-corrected chi connectivity index (χ2v) is 9.27. The Labute approximate surface area is 197 Å². The van der Waals surface area contributed by atoms with Gasteiger partial charge in [0, 0.05) is 18.9 Å². The molecule has 4 rings (SSSR count). The largest absolute Gasteiger partial charge is 0.492 e. The Balaban J connectivity index is 1.36. The first-order valence-electron chi connectivity index (χ1n) is 12.6. The van der Waals surface area contributed by atoms with E-state index in [9.17, 15) is 4.79 Å². The van der Waals surface area contributed by atoms with E-state index in [4.69, 9.17) is 9.72 Å². The standard InChI is InChI=1S/C28H37N3O2/c1-3-21(2)22-13-15-24(16-14-22)33-20-19-31-26-12-8-7-11-25(26)30-27(31)17-18-29-28(32)23-9-5-4-6-10-23/h7-8,11-16,21,23H,3-6,9-10,17-20H2,1-2H3,(H,29,32)/t21-/m1/s1. The maximum Gasteiger partial charge on any atom is 0.223 e. The van der Waals surface area contributed by atoms with Crippen molar-refractivity contribution in [2.24, 2.45) is 5.92 Å². The second-order valence-electron chi connectivity index (χ2n) is 9.27. The summed E-state index contributed by atoms with van der Waals surface area (Å²) in [7, 11) is 0. The number of amides is 1. The molecular weight excluding hydrogens is 410 g/mol. The van der Waals surface area contributed by atoms with Gasteiger partial charge in [-0.1, -0.05) is 57.4 Å². The van der Waals surface area contributed by atoms with Crippen LogP contribution in [0.4, 0.5) is 0 Å². The monoisotopic (exact) mass is 447 g/mol. The molecule has 1 aliphatic carbocycles. The molecule has 0 bridgehead atoms. The fourth-order valence-electron chi connectivity index (χ4n) is 4.76. The molecule has 5 heteroatoms. The number of hydrogen-bond acceptors (Lipinski definition) is 3. The van der Waals surface area contributed by atoms with Crippen LogP contribution in [0.2, 0.25) is 0 Å². The Hall–Kier alpha value is -2.82. The van der Waals surface area contributed by atoms with Crippen LogP contribution in [0.5, 0.6) is 5.75 Å². The van der Waals surface area contributed by atoms with Gasteiger partial charge in [-0.3, -0.25) is 4.79 Å². The average Bonchev–Trinajstić information content (AvgIpc) is 3.21. The van der Waals surface area contributed by atoms with Gasteiger partial charge in [-0.25, -0.2) is 4.98 Å². The molecule has 1 N–H and O–H groups in total. The smallest absolute Gasteiger partial charge is 0.223 e. The number of aromatic nitrogens is 2. The van der Waals surface area contributed by atoms with Crippen molar-refractivity contribution in [2.75, 3.05) is 13.2 Å². The summed E-state index contributed by atoms with van der Waals surface area (Å²) in [5, 5.41) is 3.15. The molecule has 2 aromatic carbocycles. The predicted molar refractivity (Wildman–Crippen MR) is 134 cm³/mol. The molecule has 1 aromatic heterocycles. The summed E-state index contributed by atoms with van der Waals surface area (Å²) < 4.78 is 8.29. The van der Waals surface area contributed by atoms with Crippen molar-refractivity contribution in [3.63, 3.8) is 0 Å². The lowest BCUT2D eigenvalue weighted by atomic mass is 9.89. The highest BCUT2D eigenvalue weighted by atomic mass is 16.5. The molecule has 0 radical (unpaired) electrons. The highest BCUT2D eigenvalue weighted by Gasteiger charge is 2.20. The van der Waals surface area contributed by atoms with Gasteiger partial charge in [-0.2, -0.15) is 0 Å². The Morgan fingerprint density at radius 2 is 1.88 bits per heavy atom. The molecule has 3 aromatic rings. The van der Waals surface area contributed by atoms with Crippen LogP contribution >= 0.6 is 0 Å². The third kappa shape index (κ3) is 5.95. The van der Waals surface area contributed by atoms with Gasteiger partial charge in [-0.05, 0) is 55.0 Å². The van der Waals surface area contributed by atoms with E-state index in [0.29, 0.717) is 19.1 Å². The molecule has 1 aliphatic rings. The van der Waals surface area contributed by atoms with E-state index in [1.54, 1.807) is 0 Å². The Kier molecular flexibility index (Phi) is 8.03. The Morgan fingerprint density at radius 3 is 2.64 bits per heavy atom. The minimum absolute atomic E-state index is 0.192. The molecule has 0 aliphatic heterocycles. The van der Waals surface area contributed by atoms with Crippen molar-refractivity contribution in [1.82, 2.24) is 14.9 Å². The van der Waals surface area contributed by atoms with Crippen LogP contribution in [-0.4, -0.2) is 28.6 Å². The van der Waals surface area contributed by atoms with Crippen LogP contribution in [-0.2, 0) is 17.8 Å². The Bertz CT molecular complexity index is 1030. The molecule has 1 fully saturated rings. The summed E-state index contributed by atoms with van der Waals surface area (Å²) in [5.41, 5.74) is 3.45. The molecule has 176 valence electrons. The number of para-hydroxylation sites is 2. The summed E-state index contributed by atoms with van der Waals surface area (Å²) in [5.74, 6) is 2.86. The summed E-state index contributed by atoms with van der Waals surface area (Å²) in [4.78, 5) is 17.3. The molecular formula is C28H37N3O2. The first kappa shape index (κ1) is 23.3. The van der Waals surface area contributed by atoms with Gasteiger partial charge < -0.3 is 14.6 Å². The first-order chi connectivity index (χ1) is 16.2. The van der Waals surface area contributed by atoms with E-state index >= 15 is 0 Å². The van der Waals surface area contributed by atoms with Crippen LogP contribution < -0.4 is 10.1 Å². The maximum atomic E-state index is 12.5. The number of rotatable bonds is 10. The SMILES string of the molecule is CC[C@@H](C)c1ccc(OCCn2c(CCNC(=O)C3CCCCC3)nc3ccccc32)cc1. The van der Waals surface area contributed by atoms with E-state index in [2.05, 4.69) is 54.1 Å². The van der Waals surface area contributed by atoms with Gasteiger partial charge in [0.2, 0.25) is 5.91 Å². The molecule has 0 spiro atoms. The lowest BCUT2D eigenvalue weighted by Gasteiger charge is -2.20. The van der Waals surface area contributed by atoms with Crippen LogP contribution in [0.25, 0.3) is 11.0 Å². The van der Waals surface area contributed by atoms with Crippen LogP contribution in [0, 0.1) is 5.92 Å². The molecule has 0 saturated heterocycles. The molecule has 1 heterocycles.